The molecule has 1 fully saturated rings. The molecule has 1 heterocycles. The van der Waals surface area contributed by atoms with Crippen LogP contribution in [0.2, 0.25) is 5.02 Å². The number of hydrogen-bond donors (Lipinski definition) is 3. The maximum atomic E-state index is 12.8. The van der Waals surface area contributed by atoms with Crippen LogP contribution in [0.3, 0.4) is 0 Å². The fourth-order valence-electron chi connectivity index (χ4n) is 3.02. The van der Waals surface area contributed by atoms with Gasteiger partial charge >= 0.3 is 0 Å². The normalized spacial score (nSPS) is 14.3. The lowest BCUT2D eigenvalue weighted by molar-refractivity contribution is -0.134. The highest BCUT2D eigenvalue weighted by atomic mass is 35.5. The minimum atomic E-state index is -3.67. The first-order valence-corrected chi connectivity index (χ1v) is 11.4. The van der Waals surface area contributed by atoms with Crippen molar-refractivity contribution in [2.24, 2.45) is 5.73 Å². The molecule has 11 heteroatoms. The minimum Gasteiger partial charge on any atom is -0.481 e. The second-order valence-electron chi connectivity index (χ2n) is 7.12. The number of nitrogens with zero attached hydrogens (tertiary/aromatic N) is 2. The molecule has 1 aliphatic rings. The van der Waals surface area contributed by atoms with Gasteiger partial charge < -0.3 is 15.7 Å². The predicted molar refractivity (Wildman–Crippen MR) is 122 cm³/mol. The zero-order valence-corrected chi connectivity index (χ0v) is 19.3. The molecule has 0 spiro atoms. The van der Waals surface area contributed by atoms with Crippen molar-refractivity contribution >= 4 is 39.3 Å². The highest BCUT2D eigenvalue weighted by Gasteiger charge is 2.30. The number of hydrogen-bond acceptors (Lipinski definition) is 5. The Morgan fingerprint density at radius 3 is 2.16 bits per heavy atom. The Hall–Kier alpha value is -2.95. The summed E-state index contributed by atoms with van der Waals surface area (Å²) in [6, 6.07) is 11.2. The first-order valence-electron chi connectivity index (χ1n) is 9.63. The summed E-state index contributed by atoms with van der Waals surface area (Å²) in [6.45, 7) is 3.85. The van der Waals surface area contributed by atoms with E-state index in [-0.39, 0.29) is 42.8 Å². The molecule has 32 heavy (non-hydrogen) atoms. The maximum absolute atomic E-state index is 12.8. The van der Waals surface area contributed by atoms with E-state index in [0.29, 0.717) is 16.1 Å². The van der Waals surface area contributed by atoms with E-state index in [1.807, 2.05) is 6.92 Å². The molecule has 2 aromatic rings. The number of carboxylic acids is 1. The monoisotopic (exact) mass is 480 g/mol. The first kappa shape index (κ1) is 25.3. The number of aliphatic carboxylic acids is 1. The fraction of sp³-hybridized carbons (Fsp3) is 0.286. The number of aryl methyl sites for hydroxylation is 1. The quantitative estimate of drug-likeness (QED) is 0.451. The van der Waals surface area contributed by atoms with Crippen LogP contribution in [0.4, 0.5) is 0 Å². The summed E-state index contributed by atoms with van der Waals surface area (Å²) in [7, 11) is -3.67. The minimum absolute atomic E-state index is 0.109. The number of sulfonamides is 1. The molecular weight excluding hydrogens is 456 g/mol. The van der Waals surface area contributed by atoms with E-state index in [1.165, 1.54) is 10.4 Å². The van der Waals surface area contributed by atoms with E-state index in [1.54, 1.807) is 41.3 Å². The number of halogens is 1. The fourth-order valence-corrected chi connectivity index (χ4v) is 4.71. The Morgan fingerprint density at radius 1 is 1.06 bits per heavy atom. The van der Waals surface area contributed by atoms with Gasteiger partial charge in [0.2, 0.25) is 10.0 Å². The van der Waals surface area contributed by atoms with Crippen molar-refractivity contribution < 1.29 is 23.1 Å². The molecule has 0 saturated carbocycles. The van der Waals surface area contributed by atoms with Gasteiger partial charge in [-0.2, -0.15) is 4.31 Å². The van der Waals surface area contributed by atoms with Crippen LogP contribution >= 0.6 is 11.6 Å². The summed E-state index contributed by atoms with van der Waals surface area (Å²) in [6.07, 6.45) is 0. The molecule has 172 valence electrons. The van der Waals surface area contributed by atoms with Crippen LogP contribution in [-0.2, 0) is 14.8 Å². The number of amidine groups is 1. The topological polar surface area (TPSA) is 145 Å². The average molecular weight is 481 g/mol. The standard InChI is InChI=1S/C19H21ClN4O3S.C2H4O2/c1-13-5-6-16(12-17(13)20)28(26,27)24-9-7-23(8-10-24)19(25)15-4-2-3-14(11-15)18(21)22;1-2(3)4/h2-6,11-12H,7-10H2,1H3,(H3,21,22);1H3,(H,3,4). The highest BCUT2D eigenvalue weighted by molar-refractivity contribution is 7.89. The van der Waals surface area contributed by atoms with Gasteiger partial charge in [-0.25, -0.2) is 8.42 Å². The Bertz CT molecular complexity index is 1120. The number of amides is 1. The second kappa shape index (κ2) is 10.6. The summed E-state index contributed by atoms with van der Waals surface area (Å²) < 4.78 is 27.1. The Kier molecular flexibility index (Phi) is 8.37. The molecule has 0 atom stereocenters. The van der Waals surface area contributed by atoms with Crippen molar-refractivity contribution in [2.75, 3.05) is 26.2 Å². The second-order valence-corrected chi connectivity index (χ2v) is 9.47. The Balaban J connectivity index is 0.000000837. The lowest BCUT2D eigenvalue weighted by Gasteiger charge is -2.34. The maximum Gasteiger partial charge on any atom is 0.300 e. The number of nitrogen functional groups attached to an aromatic ring is 1. The number of piperazine rings is 1. The predicted octanol–water partition coefficient (Wildman–Crippen LogP) is 2.17. The van der Waals surface area contributed by atoms with Crippen LogP contribution in [0.15, 0.2) is 47.4 Å². The molecule has 0 aromatic heterocycles. The van der Waals surface area contributed by atoms with Crippen LogP contribution in [0.1, 0.15) is 28.4 Å². The summed E-state index contributed by atoms with van der Waals surface area (Å²) in [5.74, 6) is -1.15. The van der Waals surface area contributed by atoms with E-state index in [4.69, 9.17) is 32.6 Å². The number of rotatable bonds is 4. The summed E-state index contributed by atoms with van der Waals surface area (Å²) in [5, 5.41) is 15.3. The molecule has 0 bridgehead atoms. The van der Waals surface area contributed by atoms with Gasteiger partial charge in [-0.3, -0.25) is 15.0 Å². The highest BCUT2D eigenvalue weighted by Crippen LogP contribution is 2.24. The molecule has 1 saturated heterocycles. The van der Waals surface area contributed by atoms with Crippen molar-refractivity contribution in [3.05, 3.63) is 64.2 Å². The summed E-state index contributed by atoms with van der Waals surface area (Å²) >= 11 is 6.07. The molecule has 1 amide bonds. The molecule has 0 aliphatic carbocycles. The average Bonchev–Trinajstić information content (AvgIpc) is 2.75. The number of nitrogens with two attached hydrogens (primary N) is 1. The zero-order chi connectivity index (χ0) is 24.1. The van der Waals surface area contributed by atoms with Crippen LogP contribution in [0.25, 0.3) is 0 Å². The van der Waals surface area contributed by atoms with Gasteiger partial charge in [0.1, 0.15) is 5.84 Å². The van der Waals surface area contributed by atoms with E-state index < -0.39 is 16.0 Å². The molecule has 0 unspecified atom stereocenters. The van der Waals surface area contributed by atoms with Crippen molar-refractivity contribution in [2.45, 2.75) is 18.7 Å². The Morgan fingerprint density at radius 2 is 1.62 bits per heavy atom. The number of carbonyl (C=O) groups excluding carboxylic acids is 1. The van der Waals surface area contributed by atoms with Crippen LogP contribution < -0.4 is 5.73 Å². The van der Waals surface area contributed by atoms with Crippen LogP contribution in [0, 0.1) is 12.3 Å². The molecule has 3 rings (SSSR count). The molecular formula is C21H25ClN4O5S. The Labute approximate surface area is 191 Å². The van der Waals surface area contributed by atoms with Crippen molar-refractivity contribution in [3.8, 4) is 0 Å². The van der Waals surface area contributed by atoms with Gasteiger partial charge in [0.05, 0.1) is 4.90 Å². The first-order chi connectivity index (χ1) is 14.9. The van der Waals surface area contributed by atoms with Crippen molar-refractivity contribution in [1.29, 1.82) is 5.41 Å². The van der Waals surface area contributed by atoms with Gasteiger partial charge in [0, 0.05) is 49.3 Å². The largest absolute Gasteiger partial charge is 0.481 e. The van der Waals surface area contributed by atoms with E-state index in [9.17, 15) is 13.2 Å². The van der Waals surface area contributed by atoms with E-state index in [2.05, 4.69) is 0 Å². The van der Waals surface area contributed by atoms with Gasteiger partial charge in [-0.15, -0.1) is 0 Å². The number of carbonyl (C=O) groups is 2. The smallest absolute Gasteiger partial charge is 0.300 e. The van der Waals surface area contributed by atoms with Crippen molar-refractivity contribution in [3.63, 3.8) is 0 Å². The number of nitrogens with one attached hydrogen (secondary N) is 1. The summed E-state index contributed by atoms with van der Waals surface area (Å²) in [4.78, 5) is 23.5. The van der Waals surface area contributed by atoms with Gasteiger partial charge in [0.15, 0.2) is 0 Å². The van der Waals surface area contributed by atoms with Crippen LogP contribution in [0.5, 0.6) is 0 Å². The van der Waals surface area contributed by atoms with Gasteiger partial charge in [-0.1, -0.05) is 29.8 Å². The zero-order valence-electron chi connectivity index (χ0n) is 17.7. The van der Waals surface area contributed by atoms with E-state index in [0.717, 1.165) is 12.5 Å². The lowest BCUT2D eigenvalue weighted by Crippen LogP contribution is -2.50. The molecule has 4 N–H and O–H groups in total. The van der Waals surface area contributed by atoms with Gasteiger partial charge in [-0.05, 0) is 36.8 Å². The third-order valence-corrected chi connectivity index (χ3v) is 7.03. The summed E-state index contributed by atoms with van der Waals surface area (Å²) in [5.41, 5.74) is 7.19. The van der Waals surface area contributed by atoms with Crippen molar-refractivity contribution in [1.82, 2.24) is 9.21 Å². The van der Waals surface area contributed by atoms with Gasteiger partial charge in [0.25, 0.3) is 11.9 Å². The number of benzene rings is 2. The lowest BCUT2D eigenvalue weighted by atomic mass is 10.1. The third-order valence-electron chi connectivity index (χ3n) is 4.73. The molecule has 2 aromatic carbocycles. The molecule has 9 nitrogen and oxygen atoms in total. The van der Waals surface area contributed by atoms with E-state index >= 15 is 0 Å². The van der Waals surface area contributed by atoms with Crippen LogP contribution in [-0.4, -0.2) is 66.6 Å². The molecule has 1 aliphatic heterocycles. The third kappa shape index (κ3) is 6.28. The molecule has 0 radical (unpaired) electrons. The SMILES string of the molecule is CC(=O)O.Cc1ccc(S(=O)(=O)N2CCN(C(=O)c3cccc(C(=N)N)c3)CC2)cc1Cl. The number of carboxylic acid groups (broad SMARTS) is 1.